The van der Waals surface area contributed by atoms with Gasteiger partial charge in [0.05, 0.1) is 31.9 Å². The standard InChI is InChI=1S/C24H18N4O5S2/c1-27(2)35(32,33)16-11-12-19-20(13-16)34-24(25-19)26-21(29)14-7-9-15(10-8-14)28-22(30)17-5-3-4-6-18(17)23(28)31/h3-13H,1-2H3,(H,25,26,29). The fourth-order valence-corrected chi connectivity index (χ4v) is 5.59. The van der Waals surface area contributed by atoms with Crippen molar-refractivity contribution in [2.24, 2.45) is 0 Å². The summed E-state index contributed by atoms with van der Waals surface area (Å²) in [6.07, 6.45) is 0. The lowest BCUT2D eigenvalue weighted by molar-refractivity contribution is 0.0925. The number of nitrogens with zero attached hydrogens (tertiary/aromatic N) is 3. The van der Waals surface area contributed by atoms with E-state index in [1.54, 1.807) is 30.3 Å². The van der Waals surface area contributed by atoms with Crippen molar-refractivity contribution in [1.29, 1.82) is 0 Å². The van der Waals surface area contributed by atoms with Crippen LogP contribution in [0.2, 0.25) is 0 Å². The van der Waals surface area contributed by atoms with Crippen molar-refractivity contribution < 1.29 is 22.8 Å². The van der Waals surface area contributed by atoms with E-state index in [4.69, 9.17) is 0 Å². The van der Waals surface area contributed by atoms with Crippen LogP contribution in [-0.4, -0.2) is 49.5 Å². The minimum Gasteiger partial charge on any atom is -0.298 e. The van der Waals surface area contributed by atoms with E-state index in [0.717, 1.165) is 20.5 Å². The SMILES string of the molecule is CN(C)S(=O)(=O)c1ccc2nc(NC(=O)c3ccc(N4C(=O)c5ccccc5C4=O)cc3)sc2c1. The first kappa shape index (κ1) is 22.8. The van der Waals surface area contributed by atoms with Gasteiger partial charge in [0.25, 0.3) is 17.7 Å². The second kappa shape index (κ2) is 8.38. The van der Waals surface area contributed by atoms with Gasteiger partial charge >= 0.3 is 0 Å². The molecule has 176 valence electrons. The maximum atomic E-state index is 12.8. The van der Waals surface area contributed by atoms with Crippen LogP contribution in [0.3, 0.4) is 0 Å². The first-order chi connectivity index (χ1) is 16.7. The van der Waals surface area contributed by atoms with Gasteiger partial charge in [0.1, 0.15) is 0 Å². The van der Waals surface area contributed by atoms with Crippen molar-refractivity contribution in [3.05, 3.63) is 83.4 Å². The average molecular weight is 507 g/mol. The molecule has 2 heterocycles. The third-order valence-corrected chi connectivity index (χ3v) is 8.29. The van der Waals surface area contributed by atoms with Crippen molar-refractivity contribution in [2.75, 3.05) is 24.3 Å². The topological polar surface area (TPSA) is 117 Å². The van der Waals surface area contributed by atoms with Crippen LogP contribution in [0, 0.1) is 0 Å². The van der Waals surface area contributed by atoms with Gasteiger partial charge in [-0.2, -0.15) is 0 Å². The third-order valence-electron chi connectivity index (χ3n) is 5.54. The molecule has 4 aromatic rings. The van der Waals surface area contributed by atoms with Crippen LogP contribution in [0.4, 0.5) is 10.8 Å². The second-order valence-corrected chi connectivity index (χ2v) is 11.1. The lowest BCUT2D eigenvalue weighted by Crippen LogP contribution is -2.29. The number of rotatable bonds is 5. The molecule has 0 saturated carbocycles. The Labute approximate surface area is 204 Å². The maximum Gasteiger partial charge on any atom is 0.266 e. The smallest absolute Gasteiger partial charge is 0.266 e. The lowest BCUT2D eigenvalue weighted by atomic mass is 10.1. The number of thiazole rings is 1. The van der Waals surface area contributed by atoms with Gasteiger partial charge in [-0.3, -0.25) is 19.7 Å². The summed E-state index contributed by atoms with van der Waals surface area (Å²) >= 11 is 1.16. The first-order valence-electron chi connectivity index (χ1n) is 10.4. The highest BCUT2D eigenvalue weighted by Gasteiger charge is 2.36. The molecule has 0 aliphatic carbocycles. The Balaban J connectivity index is 1.35. The van der Waals surface area contributed by atoms with E-state index in [-0.39, 0.29) is 4.90 Å². The molecule has 0 radical (unpaired) electrons. The fraction of sp³-hybridized carbons (Fsp3) is 0.0833. The quantitative estimate of drug-likeness (QED) is 0.414. The fourth-order valence-electron chi connectivity index (χ4n) is 3.68. The van der Waals surface area contributed by atoms with Crippen molar-refractivity contribution in [3.8, 4) is 0 Å². The second-order valence-electron chi connectivity index (χ2n) is 7.93. The molecule has 9 nitrogen and oxygen atoms in total. The molecule has 0 atom stereocenters. The molecule has 5 rings (SSSR count). The third kappa shape index (κ3) is 3.89. The number of fused-ring (bicyclic) bond motifs is 2. The summed E-state index contributed by atoms with van der Waals surface area (Å²) in [5.74, 6) is -1.25. The Hall–Kier alpha value is -3.93. The normalized spacial score (nSPS) is 13.5. The Bertz CT molecular complexity index is 1590. The Kier molecular flexibility index (Phi) is 5.47. The largest absolute Gasteiger partial charge is 0.298 e. The molecule has 11 heteroatoms. The van der Waals surface area contributed by atoms with Gasteiger partial charge in [0, 0.05) is 19.7 Å². The monoisotopic (exact) mass is 506 g/mol. The van der Waals surface area contributed by atoms with E-state index in [1.807, 2.05) is 0 Å². The number of amides is 3. The van der Waals surface area contributed by atoms with E-state index in [2.05, 4.69) is 10.3 Å². The number of sulfonamides is 1. The summed E-state index contributed by atoms with van der Waals surface area (Å²) in [6.45, 7) is 0. The molecule has 0 unspecified atom stereocenters. The molecule has 35 heavy (non-hydrogen) atoms. The van der Waals surface area contributed by atoms with Crippen molar-refractivity contribution >= 4 is 60.1 Å². The van der Waals surface area contributed by atoms with Gasteiger partial charge in [-0.05, 0) is 54.6 Å². The predicted octanol–water partition coefficient (Wildman–Crippen LogP) is 3.60. The van der Waals surface area contributed by atoms with E-state index in [0.29, 0.717) is 37.7 Å². The molecule has 1 aliphatic heterocycles. The maximum absolute atomic E-state index is 12.8. The highest BCUT2D eigenvalue weighted by atomic mass is 32.2. The Morgan fingerprint density at radius 3 is 2.17 bits per heavy atom. The van der Waals surface area contributed by atoms with Gasteiger partial charge in [0.2, 0.25) is 10.0 Å². The van der Waals surface area contributed by atoms with E-state index < -0.39 is 27.7 Å². The number of benzene rings is 3. The van der Waals surface area contributed by atoms with Crippen LogP contribution < -0.4 is 10.2 Å². The Morgan fingerprint density at radius 2 is 1.57 bits per heavy atom. The predicted molar refractivity (Wildman–Crippen MR) is 132 cm³/mol. The molecule has 1 aliphatic rings. The number of aromatic nitrogens is 1. The van der Waals surface area contributed by atoms with E-state index >= 15 is 0 Å². The van der Waals surface area contributed by atoms with Crippen LogP contribution >= 0.6 is 11.3 Å². The number of imide groups is 1. The van der Waals surface area contributed by atoms with Crippen molar-refractivity contribution in [2.45, 2.75) is 4.90 Å². The van der Waals surface area contributed by atoms with Crippen LogP contribution in [-0.2, 0) is 10.0 Å². The molecule has 3 aromatic carbocycles. The molecule has 1 aromatic heterocycles. The van der Waals surface area contributed by atoms with Crippen LogP contribution in [0.1, 0.15) is 31.1 Å². The summed E-state index contributed by atoms with van der Waals surface area (Å²) in [4.78, 5) is 43.6. The van der Waals surface area contributed by atoms with Gasteiger partial charge in [-0.15, -0.1) is 0 Å². The van der Waals surface area contributed by atoms with Crippen molar-refractivity contribution in [1.82, 2.24) is 9.29 Å². The average Bonchev–Trinajstić information content (AvgIpc) is 3.36. The zero-order chi connectivity index (χ0) is 24.9. The molecule has 0 fully saturated rings. The number of hydrogen-bond acceptors (Lipinski definition) is 7. The minimum atomic E-state index is -3.59. The molecule has 1 N–H and O–H groups in total. The van der Waals surface area contributed by atoms with Crippen LogP contribution in [0.25, 0.3) is 10.2 Å². The zero-order valence-electron chi connectivity index (χ0n) is 18.6. The minimum absolute atomic E-state index is 0.139. The van der Waals surface area contributed by atoms with Crippen LogP contribution in [0.15, 0.2) is 71.6 Å². The number of hydrogen-bond donors (Lipinski definition) is 1. The van der Waals surface area contributed by atoms with Gasteiger partial charge < -0.3 is 0 Å². The first-order valence-corrected chi connectivity index (χ1v) is 12.6. The number of anilines is 2. The number of nitrogens with one attached hydrogen (secondary N) is 1. The lowest BCUT2D eigenvalue weighted by Gasteiger charge is -2.14. The summed E-state index contributed by atoms with van der Waals surface area (Å²) in [7, 11) is -0.677. The number of carbonyl (C=O) groups is 3. The molecule has 0 spiro atoms. The highest BCUT2D eigenvalue weighted by molar-refractivity contribution is 7.89. The summed E-state index contributed by atoms with van der Waals surface area (Å²) in [5, 5.41) is 3.02. The van der Waals surface area contributed by atoms with Gasteiger partial charge in [0.15, 0.2) is 5.13 Å². The summed E-state index contributed by atoms with van der Waals surface area (Å²) in [6, 6.07) is 17.3. The molecular weight excluding hydrogens is 488 g/mol. The van der Waals surface area contributed by atoms with Crippen molar-refractivity contribution in [3.63, 3.8) is 0 Å². The molecule has 0 bridgehead atoms. The molecule has 0 saturated heterocycles. The van der Waals surface area contributed by atoms with Crippen LogP contribution in [0.5, 0.6) is 0 Å². The number of carbonyl (C=O) groups excluding carboxylic acids is 3. The van der Waals surface area contributed by atoms with E-state index in [9.17, 15) is 22.8 Å². The Morgan fingerprint density at radius 1 is 0.943 bits per heavy atom. The molecule has 3 amide bonds. The zero-order valence-corrected chi connectivity index (χ0v) is 20.2. The van der Waals surface area contributed by atoms with E-state index in [1.165, 1.54) is 50.5 Å². The summed E-state index contributed by atoms with van der Waals surface area (Å²) < 4.78 is 26.5. The summed E-state index contributed by atoms with van der Waals surface area (Å²) in [5.41, 5.74) is 1.92. The van der Waals surface area contributed by atoms with Gasteiger partial charge in [-0.1, -0.05) is 23.5 Å². The highest BCUT2D eigenvalue weighted by Crippen LogP contribution is 2.30. The van der Waals surface area contributed by atoms with Gasteiger partial charge in [-0.25, -0.2) is 22.6 Å². The molecular formula is C24H18N4O5S2.